The van der Waals surface area contributed by atoms with Gasteiger partial charge in [0.15, 0.2) is 5.82 Å². The first-order chi connectivity index (χ1) is 12.2. The lowest BCUT2D eigenvalue weighted by Crippen LogP contribution is -2.26. The van der Waals surface area contributed by atoms with Crippen LogP contribution in [0.5, 0.6) is 0 Å². The van der Waals surface area contributed by atoms with E-state index in [-0.39, 0.29) is 22.8 Å². The lowest BCUT2D eigenvalue weighted by molar-refractivity contribution is -0.159. The topological polar surface area (TPSA) is 107 Å². The van der Waals surface area contributed by atoms with Gasteiger partial charge in [0.05, 0.1) is 0 Å². The molecule has 0 radical (unpaired) electrons. The van der Waals surface area contributed by atoms with Crippen molar-refractivity contribution in [2.75, 3.05) is 0 Å². The molecule has 2 heterocycles. The fourth-order valence-corrected chi connectivity index (χ4v) is 2.06. The van der Waals surface area contributed by atoms with E-state index in [2.05, 4.69) is 30.1 Å². The van der Waals surface area contributed by atoms with Crippen LogP contribution < -0.4 is 5.32 Å². The molecule has 0 aliphatic carbocycles. The number of nitrogens with zero attached hydrogens (tertiary/aromatic N) is 4. The molecule has 0 saturated heterocycles. The van der Waals surface area contributed by atoms with Crippen LogP contribution in [0.3, 0.4) is 0 Å². The van der Waals surface area contributed by atoms with E-state index in [0.717, 1.165) is 0 Å². The van der Waals surface area contributed by atoms with Gasteiger partial charge in [-0.25, -0.2) is 0 Å². The first kappa shape index (κ1) is 17.6. The van der Waals surface area contributed by atoms with Crippen LogP contribution in [0.25, 0.3) is 11.4 Å². The molecule has 1 amide bonds. The van der Waals surface area contributed by atoms with Gasteiger partial charge in [-0.05, 0) is 26.0 Å². The molecule has 3 rings (SSSR count). The van der Waals surface area contributed by atoms with E-state index >= 15 is 0 Å². The molecule has 3 aromatic rings. The maximum atomic E-state index is 12.5. The quantitative estimate of drug-likeness (QED) is 0.755. The summed E-state index contributed by atoms with van der Waals surface area (Å²) >= 11 is 0. The third-order valence-corrected chi connectivity index (χ3v) is 3.34. The molecule has 0 fully saturated rings. The predicted molar refractivity (Wildman–Crippen MR) is 79.7 cm³/mol. The van der Waals surface area contributed by atoms with Crippen molar-refractivity contribution in [2.45, 2.75) is 26.1 Å². The highest BCUT2D eigenvalue weighted by molar-refractivity contribution is 5.94. The molecule has 0 saturated carbocycles. The summed E-state index contributed by atoms with van der Waals surface area (Å²) in [5.41, 5.74) is 0.567. The summed E-state index contributed by atoms with van der Waals surface area (Å²) in [6.07, 6.45) is -4.71. The van der Waals surface area contributed by atoms with E-state index < -0.39 is 24.0 Å². The van der Waals surface area contributed by atoms with E-state index in [1.165, 1.54) is 24.3 Å². The van der Waals surface area contributed by atoms with Crippen LogP contribution in [0, 0.1) is 6.92 Å². The monoisotopic (exact) mass is 367 g/mol. The fraction of sp³-hybridized carbons (Fsp3) is 0.267. The van der Waals surface area contributed by atoms with Crippen LogP contribution >= 0.6 is 0 Å². The summed E-state index contributed by atoms with van der Waals surface area (Å²) in [7, 11) is 0. The minimum absolute atomic E-state index is 0.223. The number of hydrogen-bond donors (Lipinski definition) is 1. The average molecular weight is 367 g/mol. The van der Waals surface area contributed by atoms with Gasteiger partial charge in [-0.3, -0.25) is 4.79 Å². The van der Waals surface area contributed by atoms with Gasteiger partial charge < -0.3 is 14.4 Å². The Balaban J connectivity index is 1.71. The van der Waals surface area contributed by atoms with Crippen LogP contribution in [0.1, 0.15) is 40.9 Å². The zero-order chi connectivity index (χ0) is 18.9. The van der Waals surface area contributed by atoms with Gasteiger partial charge >= 0.3 is 12.1 Å². The Morgan fingerprint density at radius 3 is 2.35 bits per heavy atom. The summed E-state index contributed by atoms with van der Waals surface area (Å²) in [6, 6.07) is 5.19. The molecule has 136 valence electrons. The third-order valence-electron chi connectivity index (χ3n) is 3.34. The molecule has 0 aliphatic rings. The maximum absolute atomic E-state index is 12.5. The first-order valence-corrected chi connectivity index (χ1v) is 7.36. The number of amides is 1. The molecule has 1 N–H and O–H groups in total. The van der Waals surface area contributed by atoms with Gasteiger partial charge in [0.25, 0.3) is 5.91 Å². The fourth-order valence-electron chi connectivity index (χ4n) is 2.06. The molecule has 26 heavy (non-hydrogen) atoms. The van der Waals surface area contributed by atoms with Crippen molar-refractivity contribution >= 4 is 5.91 Å². The summed E-state index contributed by atoms with van der Waals surface area (Å²) in [4.78, 5) is 19.5. The van der Waals surface area contributed by atoms with E-state index in [4.69, 9.17) is 4.52 Å². The van der Waals surface area contributed by atoms with E-state index in [9.17, 15) is 18.0 Å². The third kappa shape index (κ3) is 3.71. The Kier molecular flexibility index (Phi) is 4.45. The van der Waals surface area contributed by atoms with Crippen LogP contribution in [-0.4, -0.2) is 26.2 Å². The van der Waals surface area contributed by atoms with Gasteiger partial charge in [0.2, 0.25) is 11.7 Å². The molecule has 2 aromatic heterocycles. The average Bonchev–Trinajstić information content (AvgIpc) is 3.23. The summed E-state index contributed by atoms with van der Waals surface area (Å²) in [5, 5.41) is 9.60. The van der Waals surface area contributed by atoms with Gasteiger partial charge in [-0.15, -0.1) is 0 Å². The van der Waals surface area contributed by atoms with Crippen LogP contribution in [0.15, 0.2) is 33.3 Å². The summed E-state index contributed by atoms with van der Waals surface area (Å²) in [5.74, 6) is -1.36. The Labute approximate surface area is 144 Å². The lowest BCUT2D eigenvalue weighted by atomic mass is 10.1. The van der Waals surface area contributed by atoms with E-state index in [1.807, 2.05) is 0 Å². The van der Waals surface area contributed by atoms with Gasteiger partial charge in [0.1, 0.15) is 6.04 Å². The second kappa shape index (κ2) is 6.58. The van der Waals surface area contributed by atoms with Crippen molar-refractivity contribution < 1.29 is 27.0 Å². The van der Waals surface area contributed by atoms with Crippen LogP contribution in [0.2, 0.25) is 0 Å². The molecule has 0 bridgehead atoms. The highest BCUT2D eigenvalue weighted by atomic mass is 19.4. The highest BCUT2D eigenvalue weighted by Crippen LogP contribution is 2.29. The zero-order valence-electron chi connectivity index (χ0n) is 13.5. The number of nitrogens with one attached hydrogen (secondary N) is 1. The molecular formula is C15H12F3N5O3. The molecule has 1 aromatic carbocycles. The second-order valence-corrected chi connectivity index (χ2v) is 5.37. The van der Waals surface area contributed by atoms with Gasteiger partial charge in [-0.1, -0.05) is 22.4 Å². The number of carbonyl (C=O) groups is 1. The summed E-state index contributed by atoms with van der Waals surface area (Å²) in [6.45, 7) is 3.33. The SMILES string of the molecule is Cc1noc([C@H](C)NC(=O)c2ccc(-c3noc(C(F)(F)F)n3)cc2)n1. The number of aromatic nitrogens is 4. The molecule has 0 spiro atoms. The van der Waals surface area contributed by atoms with E-state index in [1.54, 1.807) is 13.8 Å². The Morgan fingerprint density at radius 2 is 1.81 bits per heavy atom. The number of alkyl halides is 3. The molecular weight excluding hydrogens is 355 g/mol. The normalized spacial score (nSPS) is 12.8. The molecule has 0 aliphatic heterocycles. The second-order valence-electron chi connectivity index (χ2n) is 5.37. The van der Waals surface area contributed by atoms with Crippen molar-refractivity contribution in [1.82, 2.24) is 25.6 Å². The maximum Gasteiger partial charge on any atom is 0.471 e. The summed E-state index contributed by atoms with van der Waals surface area (Å²) < 4.78 is 46.6. The number of halogens is 3. The molecule has 1 atom stereocenters. The minimum atomic E-state index is -4.71. The first-order valence-electron chi connectivity index (χ1n) is 7.36. The van der Waals surface area contributed by atoms with Crippen molar-refractivity contribution in [3.8, 4) is 11.4 Å². The standard InChI is InChI=1S/C15H12F3N5O3/c1-7(13-20-8(2)22-25-13)19-12(24)10-5-3-9(4-6-10)11-21-14(26-23-11)15(16,17)18/h3-7H,1-2H3,(H,19,24)/t7-/m0/s1. The number of rotatable bonds is 4. The molecule has 0 unspecified atom stereocenters. The predicted octanol–water partition coefficient (Wildman–Crippen LogP) is 2.94. The number of benzene rings is 1. The lowest BCUT2D eigenvalue weighted by Gasteiger charge is -2.09. The van der Waals surface area contributed by atoms with Crippen molar-refractivity contribution in [2.24, 2.45) is 0 Å². The Morgan fingerprint density at radius 1 is 1.12 bits per heavy atom. The van der Waals surface area contributed by atoms with Gasteiger partial charge in [-0.2, -0.15) is 23.1 Å². The van der Waals surface area contributed by atoms with E-state index in [0.29, 0.717) is 5.82 Å². The molecule has 8 nitrogen and oxygen atoms in total. The largest absolute Gasteiger partial charge is 0.471 e. The van der Waals surface area contributed by atoms with Crippen LogP contribution in [-0.2, 0) is 6.18 Å². The smallest absolute Gasteiger partial charge is 0.341 e. The number of carbonyl (C=O) groups excluding carboxylic acids is 1. The Bertz CT molecular complexity index is 917. The van der Waals surface area contributed by atoms with Crippen LogP contribution in [0.4, 0.5) is 13.2 Å². The zero-order valence-corrected chi connectivity index (χ0v) is 13.5. The number of aryl methyl sites for hydroxylation is 1. The van der Waals surface area contributed by atoms with Crippen molar-refractivity contribution in [1.29, 1.82) is 0 Å². The Hall–Kier alpha value is -3.24. The molecule has 11 heteroatoms. The van der Waals surface area contributed by atoms with Crippen molar-refractivity contribution in [3.63, 3.8) is 0 Å². The van der Waals surface area contributed by atoms with Gasteiger partial charge in [0, 0.05) is 11.1 Å². The number of hydrogen-bond acceptors (Lipinski definition) is 7. The highest BCUT2D eigenvalue weighted by Gasteiger charge is 2.38. The minimum Gasteiger partial charge on any atom is -0.341 e. The van der Waals surface area contributed by atoms with Crippen molar-refractivity contribution in [3.05, 3.63) is 47.4 Å².